The summed E-state index contributed by atoms with van der Waals surface area (Å²) < 4.78 is 40.0. The number of aromatic nitrogens is 1. The van der Waals surface area contributed by atoms with Crippen molar-refractivity contribution in [3.05, 3.63) is 35.3 Å². The first kappa shape index (κ1) is 10.7. The lowest BCUT2D eigenvalue weighted by Crippen LogP contribution is -1.99. The van der Waals surface area contributed by atoms with Gasteiger partial charge in [0.05, 0.1) is 5.39 Å². The SMILES string of the molecule is CNc1cc(C)nc2c(F)cc(F)c(F)c12. The Balaban J connectivity index is 2.99. The smallest absolute Gasteiger partial charge is 0.170 e. The third-order valence-corrected chi connectivity index (χ3v) is 2.33. The second kappa shape index (κ2) is 3.66. The highest BCUT2D eigenvalue weighted by Crippen LogP contribution is 2.29. The van der Waals surface area contributed by atoms with Gasteiger partial charge in [0.2, 0.25) is 0 Å². The van der Waals surface area contributed by atoms with Crippen molar-refractivity contribution in [2.45, 2.75) is 6.92 Å². The van der Waals surface area contributed by atoms with E-state index in [1.54, 1.807) is 14.0 Å². The van der Waals surface area contributed by atoms with Crippen LogP contribution in [0, 0.1) is 24.4 Å². The molecule has 0 saturated carbocycles. The molecule has 0 bridgehead atoms. The maximum atomic E-state index is 13.5. The molecular formula is C11H9F3N2. The van der Waals surface area contributed by atoms with Crippen molar-refractivity contribution in [1.82, 2.24) is 4.98 Å². The lowest BCUT2D eigenvalue weighted by Gasteiger charge is -2.09. The molecule has 0 amide bonds. The van der Waals surface area contributed by atoms with Crippen LogP contribution in [0.25, 0.3) is 10.9 Å². The summed E-state index contributed by atoms with van der Waals surface area (Å²) in [6.07, 6.45) is 0. The van der Waals surface area contributed by atoms with Crippen molar-refractivity contribution in [1.29, 1.82) is 0 Å². The van der Waals surface area contributed by atoms with Crippen molar-refractivity contribution in [3.8, 4) is 0 Å². The zero-order valence-electron chi connectivity index (χ0n) is 8.74. The number of nitrogens with zero attached hydrogens (tertiary/aromatic N) is 1. The Bertz CT molecular complexity index is 567. The Morgan fingerprint density at radius 3 is 2.44 bits per heavy atom. The molecule has 84 valence electrons. The molecule has 0 aliphatic carbocycles. The van der Waals surface area contributed by atoms with Gasteiger partial charge in [0.25, 0.3) is 0 Å². The van der Waals surface area contributed by atoms with Gasteiger partial charge in [0.15, 0.2) is 17.5 Å². The van der Waals surface area contributed by atoms with Gasteiger partial charge in [-0.15, -0.1) is 0 Å². The monoisotopic (exact) mass is 226 g/mol. The number of halogens is 3. The van der Waals surface area contributed by atoms with Crippen LogP contribution >= 0.6 is 0 Å². The predicted octanol–water partition coefficient (Wildman–Crippen LogP) is 3.00. The number of pyridine rings is 1. The molecule has 2 nitrogen and oxygen atoms in total. The summed E-state index contributed by atoms with van der Waals surface area (Å²) in [5.74, 6) is -3.17. The fraction of sp³-hybridized carbons (Fsp3) is 0.182. The minimum absolute atomic E-state index is 0.161. The Morgan fingerprint density at radius 1 is 1.12 bits per heavy atom. The first-order valence-corrected chi connectivity index (χ1v) is 4.67. The Morgan fingerprint density at radius 2 is 1.81 bits per heavy atom. The number of anilines is 1. The van der Waals surface area contributed by atoms with E-state index in [1.807, 2.05) is 0 Å². The molecule has 2 rings (SSSR count). The zero-order chi connectivity index (χ0) is 11.9. The molecule has 0 aliphatic rings. The van der Waals surface area contributed by atoms with Crippen LogP contribution in [0.1, 0.15) is 5.69 Å². The molecule has 16 heavy (non-hydrogen) atoms. The number of benzene rings is 1. The number of hydrogen-bond donors (Lipinski definition) is 1. The summed E-state index contributed by atoms with van der Waals surface area (Å²) in [6, 6.07) is 2.04. The van der Waals surface area contributed by atoms with Crippen LogP contribution in [0.15, 0.2) is 12.1 Å². The minimum Gasteiger partial charge on any atom is -0.387 e. The first-order valence-electron chi connectivity index (χ1n) is 4.67. The van der Waals surface area contributed by atoms with Gasteiger partial charge in [-0.3, -0.25) is 0 Å². The van der Waals surface area contributed by atoms with E-state index < -0.39 is 17.5 Å². The van der Waals surface area contributed by atoms with Gasteiger partial charge in [-0.05, 0) is 13.0 Å². The highest BCUT2D eigenvalue weighted by molar-refractivity contribution is 5.92. The second-order valence-corrected chi connectivity index (χ2v) is 3.44. The van der Waals surface area contributed by atoms with Gasteiger partial charge >= 0.3 is 0 Å². The highest BCUT2D eigenvalue weighted by atomic mass is 19.2. The highest BCUT2D eigenvalue weighted by Gasteiger charge is 2.16. The summed E-state index contributed by atoms with van der Waals surface area (Å²) in [6.45, 7) is 1.65. The van der Waals surface area contributed by atoms with Crippen molar-refractivity contribution in [2.75, 3.05) is 12.4 Å². The van der Waals surface area contributed by atoms with Gasteiger partial charge < -0.3 is 5.32 Å². The third-order valence-electron chi connectivity index (χ3n) is 2.33. The molecule has 0 unspecified atom stereocenters. The molecule has 0 saturated heterocycles. The molecule has 0 atom stereocenters. The van der Waals surface area contributed by atoms with Crippen LogP contribution in [0.2, 0.25) is 0 Å². The molecule has 1 aromatic carbocycles. The number of fused-ring (bicyclic) bond motifs is 1. The van der Waals surface area contributed by atoms with Gasteiger partial charge in [-0.25, -0.2) is 18.2 Å². The normalized spacial score (nSPS) is 10.8. The van der Waals surface area contributed by atoms with E-state index in [9.17, 15) is 13.2 Å². The maximum Gasteiger partial charge on any atom is 0.170 e. The maximum absolute atomic E-state index is 13.5. The van der Waals surface area contributed by atoms with Crippen LogP contribution < -0.4 is 5.32 Å². The lowest BCUT2D eigenvalue weighted by atomic mass is 10.1. The van der Waals surface area contributed by atoms with Crippen LogP contribution in [0.4, 0.5) is 18.9 Å². The number of rotatable bonds is 1. The van der Waals surface area contributed by atoms with Crippen molar-refractivity contribution in [3.63, 3.8) is 0 Å². The summed E-state index contributed by atoms with van der Waals surface area (Å²) in [5, 5.41) is 2.53. The zero-order valence-corrected chi connectivity index (χ0v) is 8.74. The van der Waals surface area contributed by atoms with Crippen LogP contribution in [0.3, 0.4) is 0 Å². The molecule has 1 N–H and O–H groups in total. The molecule has 1 aromatic heterocycles. The van der Waals surface area contributed by atoms with Crippen LogP contribution in [0.5, 0.6) is 0 Å². The average Bonchev–Trinajstić information content (AvgIpc) is 2.25. The van der Waals surface area contributed by atoms with Gasteiger partial charge in [0, 0.05) is 24.5 Å². The van der Waals surface area contributed by atoms with Gasteiger partial charge in [0.1, 0.15) is 5.52 Å². The van der Waals surface area contributed by atoms with Crippen molar-refractivity contribution < 1.29 is 13.2 Å². The Hall–Kier alpha value is -1.78. The number of aryl methyl sites for hydroxylation is 1. The summed E-state index contributed by atoms with van der Waals surface area (Å²) in [4.78, 5) is 3.86. The fourth-order valence-corrected chi connectivity index (χ4v) is 1.63. The van der Waals surface area contributed by atoms with Crippen molar-refractivity contribution in [2.24, 2.45) is 0 Å². The van der Waals surface area contributed by atoms with E-state index in [0.717, 1.165) is 0 Å². The Kier molecular flexibility index (Phi) is 2.46. The lowest BCUT2D eigenvalue weighted by molar-refractivity contribution is 0.505. The Labute approximate surface area is 90.1 Å². The van der Waals surface area contributed by atoms with Crippen molar-refractivity contribution >= 4 is 16.6 Å². The largest absolute Gasteiger partial charge is 0.387 e. The molecule has 0 spiro atoms. The second-order valence-electron chi connectivity index (χ2n) is 3.44. The molecule has 0 fully saturated rings. The van der Waals surface area contributed by atoms with Crippen LogP contribution in [-0.4, -0.2) is 12.0 Å². The quantitative estimate of drug-likeness (QED) is 0.756. The number of hydrogen-bond acceptors (Lipinski definition) is 2. The fourth-order valence-electron chi connectivity index (χ4n) is 1.63. The molecule has 2 aromatic rings. The van der Waals surface area contributed by atoms with Crippen LogP contribution in [-0.2, 0) is 0 Å². The van der Waals surface area contributed by atoms with E-state index in [-0.39, 0.29) is 10.9 Å². The third kappa shape index (κ3) is 1.48. The van der Waals surface area contributed by atoms with E-state index in [0.29, 0.717) is 17.4 Å². The molecule has 5 heteroatoms. The summed E-state index contributed by atoms with van der Waals surface area (Å²) in [7, 11) is 1.55. The van der Waals surface area contributed by atoms with E-state index >= 15 is 0 Å². The summed E-state index contributed by atoms with van der Waals surface area (Å²) >= 11 is 0. The van der Waals surface area contributed by atoms with E-state index in [4.69, 9.17) is 0 Å². The summed E-state index contributed by atoms with van der Waals surface area (Å²) in [5.41, 5.74) is 0.684. The van der Waals surface area contributed by atoms with Gasteiger partial charge in [-0.2, -0.15) is 0 Å². The molecule has 1 heterocycles. The van der Waals surface area contributed by atoms with E-state index in [1.165, 1.54) is 6.07 Å². The molecule has 0 aliphatic heterocycles. The van der Waals surface area contributed by atoms with E-state index in [2.05, 4.69) is 10.3 Å². The molecule has 0 radical (unpaired) electrons. The predicted molar refractivity (Wildman–Crippen MR) is 55.9 cm³/mol. The minimum atomic E-state index is -1.22. The molecular weight excluding hydrogens is 217 g/mol. The van der Waals surface area contributed by atoms with Gasteiger partial charge in [-0.1, -0.05) is 0 Å². The topological polar surface area (TPSA) is 24.9 Å². The standard InChI is InChI=1S/C11H9F3N2/c1-5-3-8(15-2)9-10(14)6(12)4-7(13)11(9)16-5/h3-4H,1-2H3,(H,15,16). The number of nitrogens with one attached hydrogen (secondary N) is 1. The average molecular weight is 226 g/mol. The first-order chi connectivity index (χ1) is 7.54.